The molecule has 66 valence electrons. The predicted octanol–water partition coefficient (Wildman–Crippen LogP) is -0.543. The molecule has 1 unspecified atom stereocenters. The van der Waals surface area contributed by atoms with Gasteiger partial charge in [-0.05, 0) is 6.42 Å². The molecule has 1 heterocycles. The summed E-state index contributed by atoms with van der Waals surface area (Å²) in [5, 5.41) is 9.32. The lowest BCUT2D eigenvalue weighted by atomic mass is 10.1. The zero-order valence-electron chi connectivity index (χ0n) is 6.69. The molecular formula is C7H15NO3. The molecule has 4 nitrogen and oxygen atoms in total. The smallest absolute Gasteiger partial charge is 0.157 e. The maximum absolute atomic E-state index is 9.32. The first kappa shape index (κ1) is 8.93. The van der Waals surface area contributed by atoms with Crippen LogP contribution in [0.25, 0.3) is 0 Å². The molecule has 0 radical (unpaired) electrons. The molecule has 0 spiro atoms. The first-order valence-electron chi connectivity index (χ1n) is 3.84. The Kier molecular flexibility index (Phi) is 3.26. The van der Waals surface area contributed by atoms with Gasteiger partial charge in [-0.25, -0.2) is 0 Å². The van der Waals surface area contributed by atoms with Gasteiger partial charge >= 0.3 is 0 Å². The largest absolute Gasteiger partial charge is 0.390 e. The van der Waals surface area contributed by atoms with E-state index >= 15 is 0 Å². The van der Waals surface area contributed by atoms with E-state index in [-0.39, 0.29) is 12.4 Å². The van der Waals surface area contributed by atoms with Crippen LogP contribution >= 0.6 is 0 Å². The fourth-order valence-corrected chi connectivity index (χ4v) is 1.23. The van der Waals surface area contributed by atoms with E-state index in [4.69, 9.17) is 15.2 Å². The Hall–Kier alpha value is -0.160. The third-order valence-corrected chi connectivity index (χ3v) is 1.95. The van der Waals surface area contributed by atoms with Gasteiger partial charge in [0.25, 0.3) is 0 Å². The Morgan fingerprint density at radius 3 is 2.91 bits per heavy atom. The van der Waals surface area contributed by atoms with Crippen LogP contribution in [-0.4, -0.2) is 37.3 Å². The molecule has 0 aromatic carbocycles. The van der Waals surface area contributed by atoms with E-state index in [1.807, 2.05) is 0 Å². The van der Waals surface area contributed by atoms with Gasteiger partial charge in [0.05, 0.1) is 12.2 Å². The summed E-state index contributed by atoms with van der Waals surface area (Å²) in [5.41, 5.74) is 5.37. The normalized spacial score (nSPS) is 39.0. The minimum absolute atomic E-state index is 0.188. The van der Waals surface area contributed by atoms with Gasteiger partial charge in [-0.2, -0.15) is 0 Å². The molecule has 3 N–H and O–H groups in total. The Labute approximate surface area is 66.3 Å². The lowest BCUT2D eigenvalue weighted by Gasteiger charge is -2.32. The molecule has 0 aliphatic carbocycles. The quantitative estimate of drug-likeness (QED) is 0.570. The maximum atomic E-state index is 9.32. The molecule has 0 saturated carbocycles. The zero-order chi connectivity index (χ0) is 8.27. The minimum Gasteiger partial charge on any atom is -0.390 e. The van der Waals surface area contributed by atoms with Crippen molar-refractivity contribution in [1.82, 2.24) is 0 Å². The fraction of sp³-hybridized carbons (Fsp3) is 1.00. The monoisotopic (exact) mass is 161 g/mol. The molecule has 0 bridgehead atoms. The second-order valence-corrected chi connectivity index (χ2v) is 2.72. The fourth-order valence-electron chi connectivity index (χ4n) is 1.23. The molecule has 11 heavy (non-hydrogen) atoms. The summed E-state index contributed by atoms with van der Waals surface area (Å²) >= 11 is 0. The number of aliphatic hydroxyl groups excluding tert-OH is 1. The molecule has 1 saturated heterocycles. The van der Waals surface area contributed by atoms with Gasteiger partial charge in [-0.3, -0.25) is 0 Å². The Balaban J connectivity index is 2.37. The van der Waals surface area contributed by atoms with Crippen molar-refractivity contribution in [2.75, 3.05) is 13.7 Å². The lowest BCUT2D eigenvalue weighted by Crippen LogP contribution is -2.43. The topological polar surface area (TPSA) is 64.7 Å². The zero-order valence-corrected chi connectivity index (χ0v) is 6.69. The second kappa shape index (κ2) is 4.01. The van der Waals surface area contributed by atoms with Crippen LogP contribution in [-0.2, 0) is 9.47 Å². The van der Waals surface area contributed by atoms with Crippen molar-refractivity contribution in [2.45, 2.75) is 31.3 Å². The number of nitrogens with two attached hydrogens (primary N) is 1. The van der Waals surface area contributed by atoms with Crippen LogP contribution in [0.4, 0.5) is 0 Å². The molecular weight excluding hydrogens is 146 g/mol. The van der Waals surface area contributed by atoms with Gasteiger partial charge in [0.2, 0.25) is 0 Å². The molecule has 1 aliphatic heterocycles. The van der Waals surface area contributed by atoms with Gasteiger partial charge in [-0.1, -0.05) is 0 Å². The van der Waals surface area contributed by atoms with Crippen molar-refractivity contribution in [3.8, 4) is 0 Å². The third kappa shape index (κ3) is 2.13. The third-order valence-electron chi connectivity index (χ3n) is 1.95. The van der Waals surface area contributed by atoms with Crippen molar-refractivity contribution < 1.29 is 14.6 Å². The summed E-state index contributed by atoms with van der Waals surface area (Å²) in [7, 11) is 1.59. The molecule has 0 aromatic heterocycles. The first-order valence-corrected chi connectivity index (χ1v) is 3.84. The number of hydrogen-bond donors (Lipinski definition) is 2. The maximum Gasteiger partial charge on any atom is 0.157 e. The van der Waals surface area contributed by atoms with Gasteiger partial charge in [0, 0.05) is 20.1 Å². The summed E-state index contributed by atoms with van der Waals surface area (Å²) < 4.78 is 10.3. The highest BCUT2D eigenvalue weighted by Crippen LogP contribution is 2.18. The molecule has 1 fully saturated rings. The number of methoxy groups -OCH3 is 1. The van der Waals surface area contributed by atoms with Crippen molar-refractivity contribution in [2.24, 2.45) is 5.73 Å². The van der Waals surface area contributed by atoms with Crippen LogP contribution in [0.2, 0.25) is 0 Å². The van der Waals surface area contributed by atoms with E-state index < -0.39 is 6.10 Å². The van der Waals surface area contributed by atoms with Crippen LogP contribution in [0, 0.1) is 0 Å². The van der Waals surface area contributed by atoms with Gasteiger partial charge in [0.15, 0.2) is 6.29 Å². The van der Waals surface area contributed by atoms with Crippen LogP contribution < -0.4 is 5.73 Å². The summed E-state index contributed by atoms with van der Waals surface area (Å²) in [6.07, 6.45) is 0.584. The number of aliphatic hydroxyl groups is 1. The molecule has 4 heteroatoms. The lowest BCUT2D eigenvalue weighted by molar-refractivity contribution is -0.208. The highest BCUT2D eigenvalue weighted by molar-refractivity contribution is 4.75. The van der Waals surface area contributed by atoms with Gasteiger partial charge in [0.1, 0.15) is 0 Å². The number of ether oxygens (including phenoxy) is 2. The van der Waals surface area contributed by atoms with Crippen LogP contribution in [0.3, 0.4) is 0 Å². The predicted molar refractivity (Wildman–Crippen MR) is 40.0 cm³/mol. The van der Waals surface area contributed by atoms with Crippen molar-refractivity contribution >= 4 is 0 Å². The van der Waals surface area contributed by atoms with Crippen molar-refractivity contribution in [3.05, 3.63) is 0 Å². The number of rotatable bonds is 2. The average molecular weight is 161 g/mol. The highest BCUT2D eigenvalue weighted by Gasteiger charge is 2.28. The first-order chi connectivity index (χ1) is 5.27. The average Bonchev–Trinajstić information content (AvgIpc) is 2.05. The van der Waals surface area contributed by atoms with Crippen LogP contribution in [0.1, 0.15) is 12.8 Å². The number of hydrogen-bond acceptors (Lipinski definition) is 4. The SMILES string of the molecule is CO[C@@H]1CC[C@H](O)C(CN)O1. The molecule has 0 amide bonds. The van der Waals surface area contributed by atoms with Crippen LogP contribution in [0.15, 0.2) is 0 Å². The van der Waals surface area contributed by atoms with Crippen molar-refractivity contribution in [1.29, 1.82) is 0 Å². The molecule has 1 aliphatic rings. The molecule has 0 aromatic rings. The van der Waals surface area contributed by atoms with Crippen molar-refractivity contribution in [3.63, 3.8) is 0 Å². The van der Waals surface area contributed by atoms with Crippen LogP contribution in [0.5, 0.6) is 0 Å². The Morgan fingerprint density at radius 2 is 2.36 bits per heavy atom. The van der Waals surface area contributed by atoms with Gasteiger partial charge in [-0.15, -0.1) is 0 Å². The Morgan fingerprint density at radius 1 is 1.64 bits per heavy atom. The van der Waals surface area contributed by atoms with E-state index in [2.05, 4.69) is 0 Å². The van der Waals surface area contributed by atoms with Gasteiger partial charge < -0.3 is 20.3 Å². The van der Waals surface area contributed by atoms with E-state index in [0.29, 0.717) is 13.0 Å². The summed E-state index contributed by atoms with van der Waals surface area (Å²) in [6.45, 7) is 0.348. The standard InChI is InChI=1S/C7H15NO3/c1-10-7-3-2-5(9)6(4-8)11-7/h5-7,9H,2-4,8H2,1H3/t5-,6?,7-/m0/s1. The van der Waals surface area contributed by atoms with E-state index in [0.717, 1.165) is 6.42 Å². The summed E-state index contributed by atoms with van der Waals surface area (Å²) in [6, 6.07) is 0. The minimum atomic E-state index is -0.425. The highest BCUT2D eigenvalue weighted by atomic mass is 16.7. The molecule has 3 atom stereocenters. The summed E-state index contributed by atoms with van der Waals surface area (Å²) in [4.78, 5) is 0. The second-order valence-electron chi connectivity index (χ2n) is 2.72. The Bertz CT molecular complexity index is 120. The van der Waals surface area contributed by atoms with E-state index in [1.165, 1.54) is 0 Å². The summed E-state index contributed by atoms with van der Waals surface area (Å²) in [5.74, 6) is 0. The van der Waals surface area contributed by atoms with E-state index in [9.17, 15) is 5.11 Å². The molecule has 1 rings (SSSR count). The van der Waals surface area contributed by atoms with E-state index in [1.54, 1.807) is 7.11 Å².